The van der Waals surface area contributed by atoms with Crippen molar-refractivity contribution in [3.05, 3.63) is 59.2 Å². The maximum Gasteiger partial charge on any atom is 0.416 e. The van der Waals surface area contributed by atoms with Gasteiger partial charge in [0.15, 0.2) is 21.4 Å². The number of ether oxygens (including phenoxy) is 1. The third-order valence-electron chi connectivity index (χ3n) is 8.29. The molecule has 7 nitrogen and oxygen atoms in total. The van der Waals surface area contributed by atoms with Crippen LogP contribution in [0.15, 0.2) is 41.3 Å². The Morgan fingerprint density at radius 2 is 1.74 bits per heavy atom. The lowest BCUT2D eigenvalue weighted by atomic mass is 9.64. The molecule has 5 rings (SSSR count). The van der Waals surface area contributed by atoms with E-state index in [-0.39, 0.29) is 45.3 Å². The molecule has 0 aromatic heterocycles. The number of halogens is 5. The van der Waals surface area contributed by atoms with Gasteiger partial charge in [-0.05, 0) is 74.4 Å². The number of aliphatic hydroxyl groups excluding tert-OH is 1. The normalized spacial score (nSPS) is 30.0. The van der Waals surface area contributed by atoms with Gasteiger partial charge in [-0.3, -0.25) is 0 Å². The third-order valence-corrected chi connectivity index (χ3v) is 12.8. The Balaban J connectivity index is 1.68. The van der Waals surface area contributed by atoms with Crippen LogP contribution >= 0.6 is 0 Å². The van der Waals surface area contributed by atoms with E-state index >= 15 is 4.39 Å². The summed E-state index contributed by atoms with van der Waals surface area (Å²) in [6, 6.07) is 3.72. The Morgan fingerprint density at radius 3 is 2.38 bits per heavy atom. The van der Waals surface area contributed by atoms with E-state index in [0.29, 0.717) is 12.1 Å². The molecule has 0 spiro atoms. The number of hydrogen-bond acceptors (Lipinski definition) is 6. The van der Waals surface area contributed by atoms with Gasteiger partial charge in [0, 0.05) is 18.6 Å². The van der Waals surface area contributed by atoms with E-state index in [1.165, 1.54) is 0 Å². The van der Waals surface area contributed by atoms with Crippen LogP contribution in [0.2, 0.25) is 0 Å². The molecular weight excluding hydrogens is 569 g/mol. The molecule has 39 heavy (non-hydrogen) atoms. The van der Waals surface area contributed by atoms with Crippen LogP contribution in [0.3, 0.4) is 0 Å². The summed E-state index contributed by atoms with van der Waals surface area (Å²) in [5, 5.41) is 8.27. The predicted octanol–water partition coefficient (Wildman–Crippen LogP) is 3.90. The van der Waals surface area contributed by atoms with E-state index in [2.05, 4.69) is 4.72 Å². The average Bonchev–Trinajstić information content (AvgIpc) is 2.88. The molecule has 2 heterocycles. The predicted molar refractivity (Wildman–Crippen MR) is 129 cm³/mol. The zero-order valence-corrected chi connectivity index (χ0v) is 22.1. The minimum Gasteiger partial charge on any atom is -0.490 e. The molecular formula is C25H26F5NO6S2. The number of hydrogen-bond donors (Lipinski definition) is 2. The summed E-state index contributed by atoms with van der Waals surface area (Å²) in [6.07, 6.45) is -4.80. The summed E-state index contributed by atoms with van der Waals surface area (Å²) >= 11 is 0. The van der Waals surface area contributed by atoms with Gasteiger partial charge < -0.3 is 9.84 Å². The maximum atomic E-state index is 15.5. The zero-order valence-electron chi connectivity index (χ0n) is 20.4. The summed E-state index contributed by atoms with van der Waals surface area (Å²) in [7, 11) is -8.48. The summed E-state index contributed by atoms with van der Waals surface area (Å²) in [6.45, 7) is -0.625. The van der Waals surface area contributed by atoms with Crippen LogP contribution in [0.5, 0.6) is 5.75 Å². The second-order valence-electron chi connectivity index (χ2n) is 10.3. The first-order valence-corrected chi connectivity index (χ1v) is 15.4. The molecule has 14 heteroatoms. The minimum absolute atomic E-state index is 0.00935. The molecule has 0 radical (unpaired) electrons. The molecule has 0 amide bonds. The van der Waals surface area contributed by atoms with Crippen LogP contribution in [-0.4, -0.2) is 46.4 Å². The zero-order chi connectivity index (χ0) is 28.4. The minimum atomic E-state index is -4.72. The van der Waals surface area contributed by atoms with Crippen LogP contribution in [0.1, 0.15) is 43.2 Å². The van der Waals surface area contributed by atoms with E-state index in [1.54, 1.807) is 0 Å². The number of alkyl halides is 3. The number of aliphatic hydroxyl groups is 1. The standard InChI is InChI=1S/C25H26F5NO6S2/c26-19-7-8-20(27)23-22(19)24(38(33,34)15-5-3-14(4-6-15)25(28,29)30)10-9-21-17(18(24)13-37-23)12-16(2-1-11-32)39(35,36)31-21/h3-8,16-18,21,31-32H,1-2,9-13H2/t16-,17+,18+,21-,24+/m1/s1. The van der Waals surface area contributed by atoms with Crippen LogP contribution in [-0.2, 0) is 30.8 Å². The number of rotatable bonds is 5. The Hall–Kier alpha value is -2.29. The van der Waals surface area contributed by atoms with Crippen LogP contribution in [0.4, 0.5) is 22.0 Å². The molecule has 1 saturated heterocycles. The van der Waals surface area contributed by atoms with Crippen molar-refractivity contribution in [1.82, 2.24) is 4.72 Å². The van der Waals surface area contributed by atoms with Gasteiger partial charge in [-0.15, -0.1) is 0 Å². The van der Waals surface area contributed by atoms with Gasteiger partial charge in [-0.25, -0.2) is 30.3 Å². The molecule has 0 bridgehead atoms. The Bertz CT molecular complexity index is 1480. The third kappa shape index (κ3) is 4.43. The van der Waals surface area contributed by atoms with Crippen molar-refractivity contribution >= 4 is 19.9 Å². The van der Waals surface area contributed by atoms with Crippen molar-refractivity contribution in [3.63, 3.8) is 0 Å². The summed E-state index contributed by atoms with van der Waals surface area (Å²) < 4.78 is 131. The lowest BCUT2D eigenvalue weighted by Gasteiger charge is -2.54. The van der Waals surface area contributed by atoms with Gasteiger partial charge in [-0.1, -0.05) is 0 Å². The van der Waals surface area contributed by atoms with Crippen molar-refractivity contribution < 1.29 is 48.6 Å². The van der Waals surface area contributed by atoms with Crippen molar-refractivity contribution in [1.29, 1.82) is 0 Å². The lowest BCUT2D eigenvalue weighted by molar-refractivity contribution is -0.137. The SMILES string of the molecule is O=S1(=O)N[C@@H]2CC[C@@]3(S(=O)(=O)c4ccc(C(F)(F)F)cc4)c4c(F)ccc(F)c4OC[C@H]3[C@@H]2C[C@H]1CCCO. The Kier molecular flexibility index (Phi) is 7.00. The van der Waals surface area contributed by atoms with Crippen LogP contribution < -0.4 is 9.46 Å². The van der Waals surface area contributed by atoms with E-state index < -0.39 is 87.3 Å². The average molecular weight is 596 g/mol. The number of nitrogens with one attached hydrogen (secondary N) is 1. The van der Waals surface area contributed by atoms with Gasteiger partial charge in [0.2, 0.25) is 10.0 Å². The topological polar surface area (TPSA) is 110 Å². The molecule has 214 valence electrons. The van der Waals surface area contributed by atoms with Gasteiger partial charge in [0.05, 0.1) is 27.9 Å². The summed E-state index contributed by atoms with van der Waals surface area (Å²) in [5.41, 5.74) is -1.60. The number of sulfone groups is 1. The molecule has 0 unspecified atom stereocenters. The van der Waals surface area contributed by atoms with E-state index in [1.807, 2.05) is 0 Å². The summed E-state index contributed by atoms with van der Waals surface area (Å²) in [4.78, 5) is -0.497. The first kappa shape index (κ1) is 28.2. The second kappa shape index (κ2) is 9.67. The molecule has 2 fully saturated rings. The maximum absolute atomic E-state index is 15.5. The molecule has 2 N–H and O–H groups in total. The van der Waals surface area contributed by atoms with Gasteiger partial charge in [-0.2, -0.15) is 13.2 Å². The monoisotopic (exact) mass is 595 g/mol. The number of benzene rings is 2. The molecule has 2 aliphatic heterocycles. The fourth-order valence-electron chi connectivity index (χ4n) is 6.51. The number of fused-ring (bicyclic) bond motifs is 5. The highest BCUT2D eigenvalue weighted by Gasteiger charge is 2.64. The molecule has 1 aliphatic carbocycles. The lowest BCUT2D eigenvalue weighted by Crippen LogP contribution is -2.63. The fraction of sp³-hybridized carbons (Fsp3) is 0.520. The first-order valence-electron chi connectivity index (χ1n) is 12.4. The Labute approximate surface area is 222 Å². The summed E-state index contributed by atoms with van der Waals surface area (Å²) in [5.74, 6) is -4.33. The van der Waals surface area contributed by atoms with Gasteiger partial charge in [0.25, 0.3) is 0 Å². The highest BCUT2D eigenvalue weighted by molar-refractivity contribution is 7.92. The van der Waals surface area contributed by atoms with Crippen molar-refractivity contribution in [2.24, 2.45) is 11.8 Å². The fourth-order valence-corrected chi connectivity index (χ4v) is 10.8. The highest BCUT2D eigenvalue weighted by atomic mass is 32.2. The molecule has 2 aromatic carbocycles. The van der Waals surface area contributed by atoms with Crippen molar-refractivity contribution in [2.75, 3.05) is 13.2 Å². The largest absolute Gasteiger partial charge is 0.490 e. The molecule has 1 saturated carbocycles. The molecule has 2 aromatic rings. The quantitative estimate of drug-likeness (QED) is 0.508. The first-order chi connectivity index (χ1) is 18.2. The van der Waals surface area contributed by atoms with E-state index in [0.717, 1.165) is 24.3 Å². The van der Waals surface area contributed by atoms with Gasteiger partial charge >= 0.3 is 6.18 Å². The van der Waals surface area contributed by atoms with Crippen molar-refractivity contribution in [2.45, 2.75) is 59.2 Å². The van der Waals surface area contributed by atoms with E-state index in [4.69, 9.17) is 4.74 Å². The van der Waals surface area contributed by atoms with Crippen LogP contribution in [0.25, 0.3) is 0 Å². The molecule has 3 aliphatic rings. The second-order valence-corrected chi connectivity index (χ2v) is 14.5. The Morgan fingerprint density at radius 1 is 1.08 bits per heavy atom. The van der Waals surface area contributed by atoms with E-state index in [9.17, 15) is 39.5 Å². The van der Waals surface area contributed by atoms with Crippen molar-refractivity contribution in [3.8, 4) is 5.75 Å². The van der Waals surface area contributed by atoms with Crippen LogP contribution in [0, 0.1) is 23.5 Å². The smallest absolute Gasteiger partial charge is 0.416 e. The highest BCUT2D eigenvalue weighted by Crippen LogP contribution is 2.59. The number of sulfonamides is 1. The molecule has 5 atom stereocenters. The van der Waals surface area contributed by atoms with Gasteiger partial charge in [0.1, 0.15) is 10.6 Å².